The molecule has 0 atom stereocenters. The highest BCUT2D eigenvalue weighted by Crippen LogP contribution is 2.34. The van der Waals surface area contributed by atoms with Gasteiger partial charge < -0.3 is 24.4 Å². The first-order chi connectivity index (χ1) is 16.4. The third kappa shape index (κ3) is 5.53. The van der Waals surface area contributed by atoms with Crippen molar-refractivity contribution in [3.05, 3.63) is 42.0 Å². The van der Waals surface area contributed by atoms with Crippen molar-refractivity contribution in [2.24, 2.45) is 0 Å². The van der Waals surface area contributed by atoms with Crippen LogP contribution in [0.25, 0.3) is 0 Å². The number of halogens is 2. The van der Waals surface area contributed by atoms with Gasteiger partial charge >= 0.3 is 6.61 Å². The molecule has 0 aromatic heterocycles. The van der Waals surface area contributed by atoms with E-state index in [4.69, 9.17) is 9.47 Å². The standard InChI is InChI=1S/C23H29F2N3O5S/c1-31-22-14-17(4-7-21(22)33-23(24)25)16-26-19-15-18(5-6-20(19)27-8-2-3-9-27)34(29,30)28-10-12-32-13-11-28/h4-7,14-15,23,26H,2-3,8-13,16H2,1H3. The molecule has 0 bridgehead atoms. The van der Waals surface area contributed by atoms with Gasteiger partial charge in [0.2, 0.25) is 10.0 Å². The second-order valence-corrected chi connectivity index (χ2v) is 10.0. The molecule has 1 N–H and O–H groups in total. The average molecular weight is 498 g/mol. The Morgan fingerprint density at radius 1 is 1.03 bits per heavy atom. The number of rotatable bonds is 9. The molecular formula is C23H29F2N3O5S. The molecule has 0 saturated carbocycles. The Labute approximate surface area is 198 Å². The highest BCUT2D eigenvalue weighted by atomic mass is 32.2. The quantitative estimate of drug-likeness (QED) is 0.568. The normalized spacial score (nSPS) is 17.2. The van der Waals surface area contributed by atoms with Crippen molar-refractivity contribution in [2.75, 3.05) is 56.7 Å². The molecular weight excluding hydrogens is 468 g/mol. The van der Waals surface area contributed by atoms with Gasteiger partial charge in [-0.25, -0.2) is 8.42 Å². The van der Waals surface area contributed by atoms with Crippen molar-refractivity contribution in [2.45, 2.75) is 30.9 Å². The first-order valence-corrected chi connectivity index (χ1v) is 12.6. The van der Waals surface area contributed by atoms with Crippen LogP contribution in [0, 0.1) is 0 Å². The van der Waals surface area contributed by atoms with Crippen LogP contribution < -0.4 is 19.7 Å². The minimum atomic E-state index is -3.65. The van der Waals surface area contributed by atoms with Gasteiger partial charge in [0.25, 0.3) is 0 Å². The van der Waals surface area contributed by atoms with Crippen molar-refractivity contribution in [1.29, 1.82) is 0 Å². The molecule has 2 aromatic carbocycles. The number of benzene rings is 2. The van der Waals surface area contributed by atoms with Crippen LogP contribution in [0.4, 0.5) is 20.2 Å². The lowest BCUT2D eigenvalue weighted by Crippen LogP contribution is -2.40. The lowest BCUT2D eigenvalue weighted by atomic mass is 10.2. The molecule has 2 saturated heterocycles. The van der Waals surface area contributed by atoms with Gasteiger partial charge in [0.1, 0.15) is 0 Å². The molecule has 2 fully saturated rings. The van der Waals surface area contributed by atoms with Crippen LogP contribution in [0.2, 0.25) is 0 Å². The van der Waals surface area contributed by atoms with Crippen LogP contribution in [0.15, 0.2) is 41.3 Å². The van der Waals surface area contributed by atoms with Crippen molar-refractivity contribution in [1.82, 2.24) is 4.31 Å². The first kappa shape index (κ1) is 24.5. The zero-order chi connectivity index (χ0) is 24.1. The number of nitrogens with zero attached hydrogens (tertiary/aromatic N) is 2. The average Bonchev–Trinajstić information content (AvgIpc) is 3.38. The van der Waals surface area contributed by atoms with Crippen LogP contribution in [0.1, 0.15) is 18.4 Å². The summed E-state index contributed by atoms with van der Waals surface area (Å²) in [6.45, 7) is 0.601. The van der Waals surface area contributed by atoms with Crippen LogP contribution in [0.3, 0.4) is 0 Å². The molecule has 2 heterocycles. The van der Waals surface area contributed by atoms with Gasteiger partial charge in [-0.05, 0) is 48.7 Å². The Hall–Kier alpha value is -2.63. The fourth-order valence-corrected chi connectivity index (χ4v) is 5.63. The highest BCUT2D eigenvalue weighted by molar-refractivity contribution is 7.89. The maximum atomic E-state index is 13.2. The number of anilines is 2. The smallest absolute Gasteiger partial charge is 0.387 e. The number of sulfonamides is 1. The van der Waals surface area contributed by atoms with E-state index in [0.29, 0.717) is 38.5 Å². The summed E-state index contributed by atoms with van der Waals surface area (Å²) >= 11 is 0. The molecule has 0 amide bonds. The van der Waals surface area contributed by atoms with Gasteiger partial charge in [-0.1, -0.05) is 6.07 Å². The zero-order valence-electron chi connectivity index (χ0n) is 19.0. The Morgan fingerprint density at radius 2 is 1.76 bits per heavy atom. The van der Waals surface area contributed by atoms with Crippen LogP contribution in [-0.2, 0) is 21.3 Å². The van der Waals surface area contributed by atoms with Gasteiger partial charge in [-0.15, -0.1) is 0 Å². The lowest BCUT2D eigenvalue weighted by Gasteiger charge is -2.27. The molecule has 0 aliphatic carbocycles. The summed E-state index contributed by atoms with van der Waals surface area (Å²) in [4.78, 5) is 2.45. The maximum absolute atomic E-state index is 13.2. The fourth-order valence-electron chi connectivity index (χ4n) is 4.20. The van der Waals surface area contributed by atoms with Gasteiger partial charge in [0.15, 0.2) is 11.5 Å². The highest BCUT2D eigenvalue weighted by Gasteiger charge is 2.28. The van der Waals surface area contributed by atoms with Crippen molar-refractivity contribution < 1.29 is 31.4 Å². The third-order valence-electron chi connectivity index (χ3n) is 5.95. The molecule has 8 nitrogen and oxygen atoms in total. The largest absolute Gasteiger partial charge is 0.493 e. The number of alkyl halides is 2. The summed E-state index contributed by atoms with van der Waals surface area (Å²) in [5.74, 6) is 0.153. The number of ether oxygens (including phenoxy) is 3. The van der Waals surface area contributed by atoms with Gasteiger partial charge in [-0.2, -0.15) is 13.1 Å². The second kappa shape index (κ2) is 10.7. The number of hydrogen-bond donors (Lipinski definition) is 1. The Balaban J connectivity index is 1.59. The first-order valence-electron chi connectivity index (χ1n) is 11.2. The minimum Gasteiger partial charge on any atom is -0.493 e. The van der Waals surface area contributed by atoms with Crippen molar-refractivity contribution in [3.8, 4) is 11.5 Å². The third-order valence-corrected chi connectivity index (χ3v) is 7.84. The Bertz CT molecular complexity index is 1090. The fraction of sp³-hybridized carbons (Fsp3) is 0.478. The molecule has 11 heteroatoms. The van der Waals surface area contributed by atoms with E-state index in [0.717, 1.165) is 37.2 Å². The van der Waals surface area contributed by atoms with Crippen molar-refractivity contribution in [3.63, 3.8) is 0 Å². The zero-order valence-corrected chi connectivity index (χ0v) is 19.8. The molecule has 34 heavy (non-hydrogen) atoms. The second-order valence-electron chi connectivity index (χ2n) is 8.11. The summed E-state index contributed by atoms with van der Waals surface area (Å²) in [7, 11) is -2.26. The van der Waals surface area contributed by atoms with E-state index in [1.54, 1.807) is 24.3 Å². The molecule has 186 valence electrons. The van der Waals surface area contributed by atoms with Gasteiger partial charge in [-0.3, -0.25) is 0 Å². The molecule has 4 rings (SSSR count). The van der Waals surface area contributed by atoms with Crippen LogP contribution in [0.5, 0.6) is 11.5 Å². The molecule has 2 aliphatic rings. The van der Waals surface area contributed by atoms with E-state index in [9.17, 15) is 17.2 Å². The molecule has 0 radical (unpaired) electrons. The van der Waals surface area contributed by atoms with Gasteiger partial charge in [0, 0.05) is 32.7 Å². The minimum absolute atomic E-state index is 0.0439. The Morgan fingerprint density at radius 3 is 2.44 bits per heavy atom. The van der Waals surface area contributed by atoms with E-state index >= 15 is 0 Å². The maximum Gasteiger partial charge on any atom is 0.387 e. The van der Waals surface area contributed by atoms with Crippen LogP contribution in [-0.4, -0.2) is 65.8 Å². The Kier molecular flexibility index (Phi) is 7.74. The summed E-state index contributed by atoms with van der Waals surface area (Å²) in [6, 6.07) is 9.89. The van der Waals surface area contributed by atoms with E-state index in [2.05, 4.69) is 15.0 Å². The lowest BCUT2D eigenvalue weighted by molar-refractivity contribution is -0.0512. The number of morpholine rings is 1. The summed E-state index contributed by atoms with van der Waals surface area (Å²) in [5, 5.41) is 3.34. The topological polar surface area (TPSA) is 80.3 Å². The molecule has 0 spiro atoms. The van der Waals surface area contributed by atoms with Gasteiger partial charge in [0.05, 0.1) is 36.6 Å². The number of methoxy groups -OCH3 is 1. The van der Waals surface area contributed by atoms with Crippen LogP contribution >= 0.6 is 0 Å². The molecule has 2 aliphatic heterocycles. The van der Waals surface area contributed by atoms with E-state index in [1.807, 2.05) is 6.07 Å². The van der Waals surface area contributed by atoms with Crippen molar-refractivity contribution >= 4 is 21.4 Å². The number of hydrogen-bond acceptors (Lipinski definition) is 7. The predicted molar refractivity (Wildman–Crippen MR) is 124 cm³/mol. The van der Waals surface area contributed by atoms with E-state index in [-0.39, 0.29) is 16.4 Å². The summed E-state index contributed by atoms with van der Waals surface area (Å²) in [5.41, 5.74) is 2.40. The molecule has 2 aromatic rings. The monoisotopic (exact) mass is 497 g/mol. The predicted octanol–water partition coefficient (Wildman–Crippen LogP) is 3.53. The molecule has 0 unspecified atom stereocenters. The SMILES string of the molecule is COc1cc(CNc2cc(S(=O)(=O)N3CCOCC3)ccc2N2CCCC2)ccc1OC(F)F. The van der Waals surface area contributed by atoms with E-state index in [1.165, 1.54) is 17.5 Å². The summed E-state index contributed by atoms with van der Waals surface area (Å²) < 4.78 is 68.0. The summed E-state index contributed by atoms with van der Waals surface area (Å²) in [6.07, 6.45) is 2.16. The van der Waals surface area contributed by atoms with E-state index < -0.39 is 16.6 Å². The number of nitrogens with one attached hydrogen (secondary N) is 1.